The summed E-state index contributed by atoms with van der Waals surface area (Å²) >= 11 is 7.65. The van der Waals surface area contributed by atoms with Gasteiger partial charge in [0.2, 0.25) is 5.91 Å². The molecule has 4 rings (SSSR count). The van der Waals surface area contributed by atoms with E-state index in [0.29, 0.717) is 33.4 Å². The Morgan fingerprint density at radius 1 is 1.35 bits per heavy atom. The lowest BCUT2D eigenvalue weighted by Gasteiger charge is -2.26. The first-order valence-corrected chi connectivity index (χ1v) is 9.67. The van der Waals surface area contributed by atoms with Crippen molar-refractivity contribution in [2.75, 3.05) is 30.4 Å². The largest absolute Gasteiger partial charge is 0.320 e. The number of carbonyl (C=O) groups is 2. The fourth-order valence-electron chi connectivity index (χ4n) is 3.29. The van der Waals surface area contributed by atoms with Crippen LogP contribution in [-0.2, 0) is 4.79 Å². The SMILES string of the molecule is CN1CC=C(CC(=O)N2c3ccccc3NC(=O)c3csc(Cl)c32)CC1. The van der Waals surface area contributed by atoms with Gasteiger partial charge in [-0.05, 0) is 25.6 Å². The molecule has 0 saturated carbocycles. The lowest BCUT2D eigenvalue weighted by atomic mass is 10.0. The van der Waals surface area contributed by atoms with E-state index in [1.54, 1.807) is 16.3 Å². The van der Waals surface area contributed by atoms with E-state index < -0.39 is 0 Å². The fourth-order valence-corrected chi connectivity index (χ4v) is 4.36. The Kier molecular flexibility index (Phi) is 4.56. The molecule has 26 heavy (non-hydrogen) atoms. The van der Waals surface area contributed by atoms with Crippen molar-refractivity contribution in [3.8, 4) is 0 Å². The Morgan fingerprint density at radius 2 is 2.15 bits per heavy atom. The Labute approximate surface area is 160 Å². The van der Waals surface area contributed by atoms with Crippen LogP contribution in [0.15, 0.2) is 41.3 Å². The van der Waals surface area contributed by atoms with Crippen LogP contribution in [0.2, 0.25) is 4.34 Å². The quantitative estimate of drug-likeness (QED) is 0.782. The minimum Gasteiger partial charge on any atom is -0.320 e. The van der Waals surface area contributed by atoms with Gasteiger partial charge in [-0.25, -0.2) is 0 Å². The molecule has 2 aromatic rings. The molecular weight excluding hydrogens is 370 g/mol. The number of hydrogen-bond acceptors (Lipinski definition) is 4. The maximum Gasteiger partial charge on any atom is 0.258 e. The average Bonchev–Trinajstić information content (AvgIpc) is 2.94. The lowest BCUT2D eigenvalue weighted by molar-refractivity contribution is -0.117. The third kappa shape index (κ3) is 3.05. The van der Waals surface area contributed by atoms with Gasteiger partial charge in [-0.15, -0.1) is 11.3 Å². The van der Waals surface area contributed by atoms with Gasteiger partial charge < -0.3 is 10.2 Å². The summed E-state index contributed by atoms with van der Waals surface area (Å²) in [5.41, 5.74) is 3.31. The van der Waals surface area contributed by atoms with E-state index in [-0.39, 0.29) is 11.8 Å². The summed E-state index contributed by atoms with van der Waals surface area (Å²) < 4.78 is 0.442. The monoisotopic (exact) mass is 387 g/mol. The van der Waals surface area contributed by atoms with Crippen LogP contribution in [0.1, 0.15) is 23.2 Å². The van der Waals surface area contributed by atoms with Crippen LogP contribution in [0.5, 0.6) is 0 Å². The lowest BCUT2D eigenvalue weighted by Crippen LogP contribution is -2.29. The topological polar surface area (TPSA) is 52.7 Å². The number of nitrogens with one attached hydrogen (secondary N) is 1. The van der Waals surface area contributed by atoms with Gasteiger partial charge in [0.1, 0.15) is 4.34 Å². The highest BCUT2D eigenvalue weighted by Crippen LogP contribution is 2.45. The minimum atomic E-state index is -0.246. The number of fused-ring (bicyclic) bond motifs is 2. The van der Waals surface area contributed by atoms with Crippen LogP contribution in [0, 0.1) is 0 Å². The third-order valence-electron chi connectivity index (χ3n) is 4.72. The van der Waals surface area contributed by atoms with Crippen molar-refractivity contribution in [3.63, 3.8) is 0 Å². The molecule has 2 amide bonds. The van der Waals surface area contributed by atoms with E-state index in [1.807, 2.05) is 18.2 Å². The summed E-state index contributed by atoms with van der Waals surface area (Å²) in [6.45, 7) is 1.80. The van der Waals surface area contributed by atoms with Crippen molar-refractivity contribution in [3.05, 3.63) is 51.2 Å². The Hall–Kier alpha value is -2.15. The number of carbonyl (C=O) groups excluding carboxylic acids is 2. The molecule has 0 fully saturated rings. The normalized spacial score (nSPS) is 17.1. The van der Waals surface area contributed by atoms with Gasteiger partial charge in [0.25, 0.3) is 5.91 Å². The van der Waals surface area contributed by atoms with Gasteiger partial charge in [-0.1, -0.05) is 35.4 Å². The first kappa shape index (κ1) is 17.3. The van der Waals surface area contributed by atoms with Crippen LogP contribution in [0.3, 0.4) is 0 Å². The highest BCUT2D eigenvalue weighted by atomic mass is 35.5. The molecule has 134 valence electrons. The first-order valence-electron chi connectivity index (χ1n) is 8.41. The number of likely N-dealkylation sites (N-methyl/N-ethyl adjacent to an activating group) is 1. The summed E-state index contributed by atoms with van der Waals surface area (Å²) in [7, 11) is 2.06. The van der Waals surface area contributed by atoms with Crippen LogP contribution in [-0.4, -0.2) is 36.9 Å². The average molecular weight is 388 g/mol. The summed E-state index contributed by atoms with van der Waals surface area (Å²) in [4.78, 5) is 29.6. The van der Waals surface area contributed by atoms with Crippen molar-refractivity contribution in [1.82, 2.24) is 4.90 Å². The Balaban J connectivity index is 1.76. The van der Waals surface area contributed by atoms with E-state index in [9.17, 15) is 9.59 Å². The van der Waals surface area contributed by atoms with Crippen molar-refractivity contribution in [2.24, 2.45) is 0 Å². The molecule has 2 aliphatic rings. The second kappa shape index (κ2) is 6.87. The number of rotatable bonds is 2. The zero-order chi connectivity index (χ0) is 18.3. The summed E-state index contributed by atoms with van der Waals surface area (Å²) in [6.07, 6.45) is 3.31. The molecule has 3 heterocycles. The van der Waals surface area contributed by atoms with E-state index in [2.05, 4.69) is 23.3 Å². The van der Waals surface area contributed by atoms with E-state index in [1.165, 1.54) is 11.3 Å². The van der Waals surface area contributed by atoms with Crippen molar-refractivity contribution in [2.45, 2.75) is 12.8 Å². The highest BCUT2D eigenvalue weighted by Gasteiger charge is 2.32. The summed E-state index contributed by atoms with van der Waals surface area (Å²) in [6, 6.07) is 7.32. The van der Waals surface area contributed by atoms with Gasteiger partial charge in [-0.2, -0.15) is 0 Å². The number of amides is 2. The molecular formula is C19H18ClN3O2S. The van der Waals surface area contributed by atoms with Crippen LogP contribution in [0.4, 0.5) is 17.1 Å². The number of anilines is 3. The maximum atomic E-state index is 13.3. The van der Waals surface area contributed by atoms with Crippen molar-refractivity contribution >= 4 is 51.8 Å². The van der Waals surface area contributed by atoms with Crippen molar-refractivity contribution < 1.29 is 9.59 Å². The molecule has 2 aliphatic heterocycles. The minimum absolute atomic E-state index is 0.0775. The molecule has 0 atom stereocenters. The molecule has 1 aromatic heterocycles. The van der Waals surface area contributed by atoms with Crippen LogP contribution in [0.25, 0.3) is 0 Å². The number of benzene rings is 1. The highest BCUT2D eigenvalue weighted by molar-refractivity contribution is 7.15. The first-order chi connectivity index (χ1) is 12.5. The number of thiophene rings is 1. The molecule has 1 aromatic carbocycles. The molecule has 1 N–H and O–H groups in total. The van der Waals surface area contributed by atoms with Gasteiger partial charge in [-0.3, -0.25) is 14.5 Å². The van der Waals surface area contributed by atoms with Gasteiger partial charge in [0.15, 0.2) is 0 Å². The predicted molar refractivity (Wildman–Crippen MR) is 106 cm³/mol. The number of halogens is 1. The van der Waals surface area contributed by atoms with E-state index >= 15 is 0 Å². The van der Waals surface area contributed by atoms with Crippen LogP contribution >= 0.6 is 22.9 Å². The molecule has 0 spiro atoms. The molecule has 0 unspecified atom stereocenters. The fraction of sp³-hybridized carbons (Fsp3) is 0.263. The summed E-state index contributed by atoms with van der Waals surface area (Å²) in [5, 5.41) is 4.58. The smallest absolute Gasteiger partial charge is 0.258 e. The second-order valence-corrected chi connectivity index (χ2v) is 8.01. The molecule has 0 aliphatic carbocycles. The van der Waals surface area contributed by atoms with Gasteiger partial charge in [0, 0.05) is 24.9 Å². The molecule has 0 radical (unpaired) electrons. The summed E-state index contributed by atoms with van der Waals surface area (Å²) in [5.74, 6) is -0.323. The van der Waals surface area contributed by atoms with Gasteiger partial charge in [0.05, 0.1) is 22.6 Å². The molecule has 0 bridgehead atoms. The van der Waals surface area contributed by atoms with Crippen molar-refractivity contribution in [1.29, 1.82) is 0 Å². The number of para-hydroxylation sites is 2. The Morgan fingerprint density at radius 3 is 2.92 bits per heavy atom. The maximum absolute atomic E-state index is 13.3. The van der Waals surface area contributed by atoms with E-state index in [4.69, 9.17) is 11.6 Å². The predicted octanol–water partition coefficient (Wildman–Crippen LogP) is 4.28. The van der Waals surface area contributed by atoms with E-state index in [0.717, 1.165) is 25.1 Å². The Bertz CT molecular complexity index is 921. The third-order valence-corrected chi connectivity index (χ3v) is 5.92. The van der Waals surface area contributed by atoms with Gasteiger partial charge >= 0.3 is 0 Å². The standard InChI is InChI=1S/C19H18ClN3O2S/c1-22-8-6-12(7-9-22)10-16(24)23-15-5-3-2-4-14(15)21-19(25)13-11-26-18(20)17(13)23/h2-6,11H,7-10H2,1H3,(H,21,25). The second-order valence-electron chi connectivity index (χ2n) is 6.52. The number of nitrogens with zero attached hydrogens (tertiary/aromatic N) is 2. The molecule has 7 heteroatoms. The number of hydrogen-bond donors (Lipinski definition) is 1. The molecule has 0 saturated heterocycles. The van der Waals surface area contributed by atoms with Crippen LogP contribution < -0.4 is 10.2 Å². The zero-order valence-electron chi connectivity index (χ0n) is 14.3. The zero-order valence-corrected chi connectivity index (χ0v) is 15.9. The molecule has 5 nitrogen and oxygen atoms in total.